The maximum atomic E-state index is 13.2. The first-order chi connectivity index (χ1) is 13.0. The van der Waals surface area contributed by atoms with Crippen LogP contribution in [0.15, 0.2) is 53.1 Å². The van der Waals surface area contributed by atoms with Crippen molar-refractivity contribution in [2.75, 3.05) is 11.9 Å². The highest BCUT2D eigenvalue weighted by atomic mass is 19.2. The third-order valence-corrected chi connectivity index (χ3v) is 3.65. The van der Waals surface area contributed by atoms with E-state index in [1.54, 1.807) is 31.2 Å². The van der Waals surface area contributed by atoms with Crippen LogP contribution in [0.4, 0.5) is 14.5 Å². The molecule has 0 aliphatic carbocycles. The van der Waals surface area contributed by atoms with Crippen LogP contribution in [-0.4, -0.2) is 23.6 Å². The predicted octanol–water partition coefficient (Wildman–Crippen LogP) is 3.72. The lowest BCUT2D eigenvalue weighted by Crippen LogP contribution is -2.21. The van der Waals surface area contributed by atoms with Gasteiger partial charge in [0.05, 0.1) is 0 Å². The van der Waals surface area contributed by atoms with E-state index in [1.165, 1.54) is 6.07 Å². The Kier molecular flexibility index (Phi) is 5.25. The summed E-state index contributed by atoms with van der Waals surface area (Å²) in [6, 6.07) is 11.8. The normalized spacial score (nSPS) is 10.5. The fraction of sp³-hybridized carbons (Fsp3) is 0.105. The van der Waals surface area contributed by atoms with Crippen LogP contribution in [0.25, 0.3) is 11.3 Å². The number of nitrogens with zero attached hydrogens (tertiary/aromatic N) is 1. The van der Waals surface area contributed by atoms with Gasteiger partial charge in [-0.25, -0.2) is 13.6 Å². The average Bonchev–Trinajstić information content (AvgIpc) is 3.05. The number of amides is 1. The quantitative estimate of drug-likeness (QED) is 0.691. The molecule has 0 spiro atoms. The number of rotatable bonds is 5. The molecule has 6 nitrogen and oxygen atoms in total. The highest BCUT2D eigenvalue weighted by Crippen LogP contribution is 2.25. The molecule has 0 radical (unpaired) electrons. The fourth-order valence-corrected chi connectivity index (χ4v) is 2.38. The van der Waals surface area contributed by atoms with Gasteiger partial charge >= 0.3 is 5.97 Å². The molecule has 0 saturated heterocycles. The Morgan fingerprint density at radius 1 is 1.11 bits per heavy atom. The number of benzene rings is 2. The number of nitrogens with one attached hydrogen (secondary N) is 1. The van der Waals surface area contributed by atoms with Gasteiger partial charge in [-0.15, -0.1) is 0 Å². The molecule has 27 heavy (non-hydrogen) atoms. The van der Waals surface area contributed by atoms with Crippen LogP contribution in [0, 0.1) is 18.6 Å². The number of carbonyl (C=O) groups is 2. The molecule has 0 bridgehead atoms. The molecule has 1 aromatic heterocycles. The summed E-state index contributed by atoms with van der Waals surface area (Å²) in [4.78, 5) is 24.2. The van der Waals surface area contributed by atoms with E-state index in [9.17, 15) is 18.4 Å². The summed E-state index contributed by atoms with van der Waals surface area (Å²) < 4.78 is 36.1. The maximum absolute atomic E-state index is 13.2. The highest BCUT2D eigenvalue weighted by molar-refractivity contribution is 5.99. The summed E-state index contributed by atoms with van der Waals surface area (Å²) in [6.45, 7) is 0.939. The van der Waals surface area contributed by atoms with Gasteiger partial charge in [0.1, 0.15) is 17.0 Å². The Balaban J connectivity index is 1.67. The van der Waals surface area contributed by atoms with E-state index < -0.39 is 30.1 Å². The van der Waals surface area contributed by atoms with Gasteiger partial charge in [0, 0.05) is 17.3 Å². The molecule has 0 unspecified atom stereocenters. The van der Waals surface area contributed by atoms with Crippen LogP contribution in [0.5, 0.6) is 0 Å². The molecule has 1 amide bonds. The van der Waals surface area contributed by atoms with Gasteiger partial charge in [-0.2, -0.15) is 0 Å². The summed E-state index contributed by atoms with van der Waals surface area (Å²) in [7, 11) is 0. The maximum Gasteiger partial charge on any atom is 0.344 e. The van der Waals surface area contributed by atoms with Gasteiger partial charge in [-0.3, -0.25) is 4.79 Å². The smallest absolute Gasteiger partial charge is 0.344 e. The number of carbonyl (C=O) groups excluding carboxylic acids is 2. The van der Waals surface area contributed by atoms with E-state index >= 15 is 0 Å². The number of ether oxygens (including phenoxy) is 1. The molecule has 3 aromatic rings. The minimum Gasteiger partial charge on any atom is -0.452 e. The van der Waals surface area contributed by atoms with E-state index in [4.69, 9.17) is 9.26 Å². The molecule has 3 rings (SSSR count). The van der Waals surface area contributed by atoms with Crippen molar-refractivity contribution in [3.8, 4) is 11.3 Å². The molecule has 1 heterocycles. The lowest BCUT2D eigenvalue weighted by molar-refractivity contribution is -0.119. The van der Waals surface area contributed by atoms with E-state index in [0.717, 1.165) is 12.1 Å². The summed E-state index contributed by atoms with van der Waals surface area (Å²) in [6.07, 6.45) is 0. The van der Waals surface area contributed by atoms with Crippen LogP contribution in [-0.2, 0) is 9.53 Å². The first kappa shape index (κ1) is 18.2. The lowest BCUT2D eigenvalue weighted by atomic mass is 10.1. The number of aryl methyl sites for hydroxylation is 1. The van der Waals surface area contributed by atoms with Crippen molar-refractivity contribution < 1.29 is 27.6 Å². The average molecular weight is 372 g/mol. The zero-order valence-corrected chi connectivity index (χ0v) is 14.2. The Morgan fingerprint density at radius 3 is 2.56 bits per heavy atom. The lowest BCUT2D eigenvalue weighted by Gasteiger charge is -2.07. The molecule has 2 aromatic carbocycles. The zero-order chi connectivity index (χ0) is 19.4. The Labute approximate surface area is 152 Å². The molecule has 8 heteroatoms. The first-order valence-corrected chi connectivity index (χ1v) is 7.89. The van der Waals surface area contributed by atoms with Gasteiger partial charge < -0.3 is 14.6 Å². The minimum absolute atomic E-state index is 0.0427. The van der Waals surface area contributed by atoms with Crippen molar-refractivity contribution in [3.63, 3.8) is 0 Å². The number of halogens is 2. The van der Waals surface area contributed by atoms with E-state index in [-0.39, 0.29) is 17.0 Å². The van der Waals surface area contributed by atoms with Gasteiger partial charge in [0.15, 0.2) is 18.2 Å². The van der Waals surface area contributed by atoms with E-state index in [1.807, 2.05) is 6.07 Å². The van der Waals surface area contributed by atoms with E-state index in [2.05, 4.69) is 10.5 Å². The number of hydrogen-bond donors (Lipinski definition) is 1. The largest absolute Gasteiger partial charge is 0.452 e. The number of hydrogen-bond acceptors (Lipinski definition) is 5. The molecule has 0 atom stereocenters. The van der Waals surface area contributed by atoms with Crippen molar-refractivity contribution in [2.45, 2.75) is 6.92 Å². The second-order valence-electron chi connectivity index (χ2n) is 5.58. The van der Waals surface area contributed by atoms with Crippen LogP contribution >= 0.6 is 0 Å². The number of aromatic nitrogens is 1. The molecule has 0 aliphatic rings. The third kappa shape index (κ3) is 4.17. The van der Waals surface area contributed by atoms with Gasteiger partial charge in [-0.05, 0) is 19.1 Å². The first-order valence-electron chi connectivity index (χ1n) is 7.89. The van der Waals surface area contributed by atoms with Crippen LogP contribution in [0.3, 0.4) is 0 Å². The van der Waals surface area contributed by atoms with Crippen LogP contribution < -0.4 is 5.32 Å². The van der Waals surface area contributed by atoms with Gasteiger partial charge in [0.25, 0.3) is 5.91 Å². The molecule has 138 valence electrons. The van der Waals surface area contributed by atoms with Crippen LogP contribution in [0.1, 0.15) is 16.1 Å². The second kappa shape index (κ2) is 7.77. The second-order valence-corrected chi connectivity index (χ2v) is 5.58. The molecule has 0 aliphatic heterocycles. The summed E-state index contributed by atoms with van der Waals surface area (Å²) in [5.74, 6) is -3.37. The van der Waals surface area contributed by atoms with E-state index in [0.29, 0.717) is 11.3 Å². The molecule has 0 fully saturated rings. The van der Waals surface area contributed by atoms with Gasteiger partial charge in [0.2, 0.25) is 0 Å². The van der Waals surface area contributed by atoms with Gasteiger partial charge in [-0.1, -0.05) is 35.5 Å². The number of esters is 1. The zero-order valence-electron chi connectivity index (χ0n) is 14.2. The standard InChI is InChI=1S/C19H14F2N2O4/c1-11-17(18(23-27-11)12-5-3-2-4-6-12)19(25)26-10-16(24)22-13-7-8-14(20)15(21)9-13/h2-9H,10H2,1H3,(H,22,24). The molecular formula is C19H14F2N2O4. The molecular weight excluding hydrogens is 358 g/mol. The number of anilines is 1. The Hall–Kier alpha value is -3.55. The fourth-order valence-electron chi connectivity index (χ4n) is 2.38. The SMILES string of the molecule is Cc1onc(-c2ccccc2)c1C(=O)OCC(=O)Nc1ccc(F)c(F)c1. The Morgan fingerprint density at radius 2 is 1.85 bits per heavy atom. The topological polar surface area (TPSA) is 81.4 Å². The highest BCUT2D eigenvalue weighted by Gasteiger charge is 2.23. The van der Waals surface area contributed by atoms with Crippen molar-refractivity contribution in [2.24, 2.45) is 0 Å². The van der Waals surface area contributed by atoms with Crippen LogP contribution in [0.2, 0.25) is 0 Å². The minimum atomic E-state index is -1.10. The Bertz CT molecular complexity index is 987. The third-order valence-electron chi connectivity index (χ3n) is 3.65. The molecule has 1 N–H and O–H groups in total. The van der Waals surface area contributed by atoms with Crippen molar-refractivity contribution >= 4 is 17.6 Å². The monoisotopic (exact) mass is 372 g/mol. The molecule has 0 saturated carbocycles. The van der Waals surface area contributed by atoms with Crippen molar-refractivity contribution in [1.82, 2.24) is 5.16 Å². The van der Waals surface area contributed by atoms with Crippen molar-refractivity contribution in [3.05, 3.63) is 71.5 Å². The summed E-state index contributed by atoms with van der Waals surface area (Å²) >= 11 is 0. The summed E-state index contributed by atoms with van der Waals surface area (Å²) in [5.41, 5.74) is 1.12. The van der Waals surface area contributed by atoms with Crippen molar-refractivity contribution in [1.29, 1.82) is 0 Å². The predicted molar refractivity (Wildman–Crippen MR) is 91.9 cm³/mol. The summed E-state index contributed by atoms with van der Waals surface area (Å²) in [5, 5.41) is 6.18.